The minimum atomic E-state index is -0.274. The van der Waals surface area contributed by atoms with Gasteiger partial charge in [0, 0.05) is 21.3 Å². The van der Waals surface area contributed by atoms with Gasteiger partial charge in [-0.05, 0) is 30.9 Å². The van der Waals surface area contributed by atoms with Crippen molar-refractivity contribution >= 4 is 0 Å². The van der Waals surface area contributed by atoms with Crippen molar-refractivity contribution in [2.75, 3.05) is 21.3 Å². The van der Waals surface area contributed by atoms with Crippen LogP contribution in [0.4, 0.5) is 0 Å². The Balaban J connectivity index is 2.11. The predicted molar refractivity (Wildman–Crippen MR) is 69.5 cm³/mol. The van der Waals surface area contributed by atoms with Gasteiger partial charge in [0.15, 0.2) is 6.29 Å². The Morgan fingerprint density at radius 3 is 2.39 bits per heavy atom. The van der Waals surface area contributed by atoms with E-state index in [4.69, 9.17) is 18.6 Å². The monoisotopic (exact) mass is 256 g/mol. The van der Waals surface area contributed by atoms with Crippen molar-refractivity contribution in [3.8, 4) is 0 Å². The SMILES string of the molecule is COC(CCCCCc1ccoc1)C(OC)OC. The molecular weight excluding hydrogens is 232 g/mol. The fourth-order valence-corrected chi connectivity index (χ4v) is 2.05. The Morgan fingerprint density at radius 1 is 1.06 bits per heavy atom. The lowest BCUT2D eigenvalue weighted by atomic mass is 10.1. The molecular formula is C14H24O4. The fraction of sp³-hybridized carbons (Fsp3) is 0.714. The van der Waals surface area contributed by atoms with Gasteiger partial charge in [-0.15, -0.1) is 0 Å². The smallest absolute Gasteiger partial charge is 0.182 e. The van der Waals surface area contributed by atoms with E-state index in [-0.39, 0.29) is 12.4 Å². The summed E-state index contributed by atoms with van der Waals surface area (Å²) in [4.78, 5) is 0. The van der Waals surface area contributed by atoms with Gasteiger partial charge in [0.1, 0.15) is 6.10 Å². The molecule has 0 radical (unpaired) electrons. The molecule has 0 aromatic carbocycles. The number of aryl methyl sites for hydroxylation is 1. The van der Waals surface area contributed by atoms with E-state index in [1.807, 2.05) is 12.3 Å². The highest BCUT2D eigenvalue weighted by Gasteiger charge is 2.19. The Hall–Kier alpha value is -0.840. The third kappa shape index (κ3) is 5.21. The maximum atomic E-state index is 5.38. The van der Waals surface area contributed by atoms with Crippen LogP contribution < -0.4 is 0 Å². The molecule has 1 atom stereocenters. The third-order valence-electron chi connectivity index (χ3n) is 3.11. The molecule has 0 spiro atoms. The second-order valence-electron chi connectivity index (χ2n) is 4.34. The lowest BCUT2D eigenvalue weighted by Crippen LogP contribution is -2.31. The van der Waals surface area contributed by atoms with E-state index in [1.54, 1.807) is 27.6 Å². The number of furan rings is 1. The van der Waals surface area contributed by atoms with Gasteiger partial charge >= 0.3 is 0 Å². The first-order chi connectivity index (χ1) is 8.81. The van der Waals surface area contributed by atoms with Gasteiger partial charge in [-0.3, -0.25) is 0 Å². The molecule has 4 heteroatoms. The number of hydrogen-bond donors (Lipinski definition) is 0. The van der Waals surface area contributed by atoms with Gasteiger partial charge < -0.3 is 18.6 Å². The molecule has 1 rings (SSSR count). The lowest BCUT2D eigenvalue weighted by Gasteiger charge is -2.23. The van der Waals surface area contributed by atoms with Gasteiger partial charge in [-0.25, -0.2) is 0 Å². The lowest BCUT2D eigenvalue weighted by molar-refractivity contribution is -0.174. The van der Waals surface area contributed by atoms with Crippen LogP contribution in [0.1, 0.15) is 31.2 Å². The Morgan fingerprint density at radius 2 is 1.83 bits per heavy atom. The average molecular weight is 256 g/mol. The van der Waals surface area contributed by atoms with Crippen molar-refractivity contribution in [3.05, 3.63) is 24.2 Å². The summed E-state index contributed by atoms with van der Waals surface area (Å²) < 4.78 is 20.8. The third-order valence-corrected chi connectivity index (χ3v) is 3.11. The molecule has 0 aliphatic rings. The van der Waals surface area contributed by atoms with Crippen LogP contribution in [0.3, 0.4) is 0 Å². The highest BCUT2D eigenvalue weighted by molar-refractivity contribution is 5.04. The topological polar surface area (TPSA) is 40.8 Å². The van der Waals surface area contributed by atoms with E-state index >= 15 is 0 Å². The molecule has 1 heterocycles. The molecule has 1 aromatic rings. The first-order valence-electron chi connectivity index (χ1n) is 6.41. The second kappa shape index (κ2) is 9.14. The van der Waals surface area contributed by atoms with Gasteiger partial charge in [0.25, 0.3) is 0 Å². The molecule has 0 fully saturated rings. The highest BCUT2D eigenvalue weighted by Crippen LogP contribution is 2.14. The fourth-order valence-electron chi connectivity index (χ4n) is 2.05. The number of rotatable bonds is 10. The zero-order valence-corrected chi connectivity index (χ0v) is 11.6. The average Bonchev–Trinajstić information content (AvgIpc) is 2.90. The van der Waals surface area contributed by atoms with E-state index in [0.29, 0.717) is 0 Å². The van der Waals surface area contributed by atoms with E-state index in [0.717, 1.165) is 19.3 Å². The number of methoxy groups -OCH3 is 3. The second-order valence-corrected chi connectivity index (χ2v) is 4.34. The van der Waals surface area contributed by atoms with E-state index in [1.165, 1.54) is 18.4 Å². The summed E-state index contributed by atoms with van der Waals surface area (Å²) in [7, 11) is 4.97. The molecule has 4 nitrogen and oxygen atoms in total. The molecule has 0 N–H and O–H groups in total. The minimum absolute atomic E-state index is 0.00826. The zero-order valence-electron chi connectivity index (χ0n) is 11.6. The summed E-state index contributed by atoms with van der Waals surface area (Å²) in [5.74, 6) is 0. The van der Waals surface area contributed by atoms with Crippen molar-refractivity contribution in [2.24, 2.45) is 0 Å². The zero-order chi connectivity index (χ0) is 13.2. The quantitative estimate of drug-likeness (QED) is 0.476. The van der Waals surface area contributed by atoms with E-state index in [9.17, 15) is 0 Å². The Labute approximate surface area is 109 Å². The summed E-state index contributed by atoms with van der Waals surface area (Å²) in [5, 5.41) is 0. The first kappa shape index (κ1) is 15.2. The minimum Gasteiger partial charge on any atom is -0.472 e. The van der Waals surface area contributed by atoms with Crippen LogP contribution in [0.15, 0.2) is 23.0 Å². The van der Waals surface area contributed by atoms with Crippen LogP contribution in [0.5, 0.6) is 0 Å². The summed E-state index contributed by atoms with van der Waals surface area (Å²) >= 11 is 0. The maximum Gasteiger partial charge on any atom is 0.182 e. The van der Waals surface area contributed by atoms with Gasteiger partial charge in [0.2, 0.25) is 0 Å². The van der Waals surface area contributed by atoms with E-state index in [2.05, 4.69) is 0 Å². The number of unbranched alkanes of at least 4 members (excludes halogenated alkanes) is 2. The van der Waals surface area contributed by atoms with Crippen LogP contribution in [0, 0.1) is 0 Å². The van der Waals surface area contributed by atoms with Gasteiger partial charge in [-0.2, -0.15) is 0 Å². The maximum absolute atomic E-state index is 5.38. The summed E-state index contributed by atoms with van der Waals surface area (Å²) in [5.41, 5.74) is 1.27. The largest absolute Gasteiger partial charge is 0.472 e. The Bertz CT molecular complexity index is 280. The summed E-state index contributed by atoms with van der Waals surface area (Å²) in [6, 6.07) is 2.02. The molecule has 0 bridgehead atoms. The normalized spacial score (nSPS) is 13.1. The van der Waals surface area contributed by atoms with E-state index < -0.39 is 0 Å². The van der Waals surface area contributed by atoms with Crippen LogP contribution in [-0.2, 0) is 20.6 Å². The molecule has 1 aromatic heterocycles. The Kier molecular flexibility index (Phi) is 7.73. The first-order valence-corrected chi connectivity index (χ1v) is 6.41. The molecule has 0 saturated carbocycles. The van der Waals surface area contributed by atoms with Crippen LogP contribution in [0.25, 0.3) is 0 Å². The molecule has 104 valence electrons. The molecule has 0 aliphatic heterocycles. The van der Waals surface area contributed by atoms with Crippen molar-refractivity contribution in [1.82, 2.24) is 0 Å². The van der Waals surface area contributed by atoms with Crippen LogP contribution in [0.2, 0.25) is 0 Å². The number of hydrogen-bond acceptors (Lipinski definition) is 4. The molecule has 1 unspecified atom stereocenters. The standard InChI is InChI=1S/C14H24O4/c1-15-13(14(16-2)17-3)8-6-4-5-7-12-9-10-18-11-12/h9-11,13-14H,4-8H2,1-3H3. The molecule has 18 heavy (non-hydrogen) atoms. The van der Waals surface area contributed by atoms with Crippen molar-refractivity contribution < 1.29 is 18.6 Å². The molecule has 0 aliphatic carbocycles. The molecule has 0 saturated heterocycles. The van der Waals surface area contributed by atoms with Gasteiger partial charge in [0.05, 0.1) is 12.5 Å². The van der Waals surface area contributed by atoms with Crippen molar-refractivity contribution in [2.45, 2.75) is 44.5 Å². The van der Waals surface area contributed by atoms with Crippen molar-refractivity contribution in [3.63, 3.8) is 0 Å². The summed E-state index contributed by atoms with van der Waals surface area (Å²) in [6.07, 6.45) is 8.74. The van der Waals surface area contributed by atoms with Crippen LogP contribution >= 0.6 is 0 Å². The highest BCUT2D eigenvalue weighted by atomic mass is 16.7. The van der Waals surface area contributed by atoms with Crippen LogP contribution in [-0.4, -0.2) is 33.7 Å². The van der Waals surface area contributed by atoms with Crippen molar-refractivity contribution in [1.29, 1.82) is 0 Å². The van der Waals surface area contributed by atoms with Gasteiger partial charge in [-0.1, -0.05) is 12.8 Å². The number of ether oxygens (including phenoxy) is 3. The molecule has 0 amide bonds. The predicted octanol–water partition coefficient (Wildman–Crippen LogP) is 3.02. The summed E-state index contributed by atoms with van der Waals surface area (Å²) in [6.45, 7) is 0.